The number of nitrogens with zero attached hydrogens (tertiary/aromatic N) is 3. The van der Waals surface area contributed by atoms with Crippen LogP contribution in [0.3, 0.4) is 0 Å². The molecule has 1 fully saturated rings. The Bertz CT molecular complexity index is 1110. The fourth-order valence-electron chi connectivity index (χ4n) is 4.19. The van der Waals surface area contributed by atoms with Gasteiger partial charge in [0.2, 0.25) is 5.91 Å². The molecule has 2 aliphatic rings. The number of anilines is 2. The summed E-state index contributed by atoms with van der Waals surface area (Å²) in [6.07, 6.45) is 4.03. The molecule has 146 valence electrons. The minimum atomic E-state index is -0.108. The summed E-state index contributed by atoms with van der Waals surface area (Å²) < 4.78 is 1.84. The van der Waals surface area contributed by atoms with Crippen LogP contribution in [0.15, 0.2) is 54.9 Å². The third kappa shape index (κ3) is 3.04. The van der Waals surface area contributed by atoms with Crippen molar-refractivity contribution < 1.29 is 9.59 Å². The van der Waals surface area contributed by atoms with Crippen LogP contribution in [0.1, 0.15) is 29.0 Å². The van der Waals surface area contributed by atoms with E-state index in [1.807, 2.05) is 41.2 Å². The maximum Gasteiger partial charge on any atom is 0.321 e. The Morgan fingerprint density at radius 2 is 2.00 bits per heavy atom. The van der Waals surface area contributed by atoms with Gasteiger partial charge in [0.05, 0.1) is 5.69 Å². The van der Waals surface area contributed by atoms with E-state index in [-0.39, 0.29) is 17.9 Å². The van der Waals surface area contributed by atoms with Crippen LogP contribution in [0.5, 0.6) is 0 Å². The summed E-state index contributed by atoms with van der Waals surface area (Å²) in [5, 5.41) is 10.2. The third-order valence-corrected chi connectivity index (χ3v) is 5.55. The molecule has 0 aliphatic carbocycles. The Balaban J connectivity index is 1.61. The predicted octanol–water partition coefficient (Wildman–Crippen LogP) is 3.18. The molecule has 7 heteroatoms. The number of nitrogens with one attached hydrogen (secondary N) is 2. The highest BCUT2D eigenvalue weighted by Crippen LogP contribution is 2.41. The van der Waals surface area contributed by atoms with E-state index in [4.69, 9.17) is 0 Å². The second kappa shape index (κ2) is 6.77. The maximum atomic E-state index is 12.6. The smallest absolute Gasteiger partial charge is 0.321 e. The molecule has 5 rings (SSSR count). The lowest BCUT2D eigenvalue weighted by molar-refractivity contribution is -0.116. The van der Waals surface area contributed by atoms with Crippen molar-refractivity contribution in [1.82, 2.24) is 15.1 Å². The van der Waals surface area contributed by atoms with Gasteiger partial charge >= 0.3 is 6.03 Å². The zero-order chi connectivity index (χ0) is 20.0. The van der Waals surface area contributed by atoms with Gasteiger partial charge in [-0.1, -0.05) is 23.8 Å². The van der Waals surface area contributed by atoms with Crippen molar-refractivity contribution in [3.8, 4) is 5.69 Å². The van der Waals surface area contributed by atoms with Crippen LogP contribution < -0.4 is 15.5 Å². The number of aryl methyl sites for hydroxylation is 1. The van der Waals surface area contributed by atoms with Gasteiger partial charge in [0, 0.05) is 49.2 Å². The minimum Gasteiger partial charge on any atom is -0.336 e. The van der Waals surface area contributed by atoms with E-state index in [2.05, 4.69) is 34.8 Å². The zero-order valence-electron chi connectivity index (χ0n) is 16.1. The molecular formula is C22H21N5O2. The van der Waals surface area contributed by atoms with E-state index in [0.717, 1.165) is 33.8 Å². The van der Waals surface area contributed by atoms with Crippen molar-refractivity contribution in [3.63, 3.8) is 0 Å². The number of benzene rings is 2. The van der Waals surface area contributed by atoms with Crippen LogP contribution in [0.25, 0.3) is 5.69 Å². The molecular weight excluding hydrogens is 366 g/mol. The van der Waals surface area contributed by atoms with E-state index >= 15 is 0 Å². The number of carbonyl (C=O) groups excluding carboxylic acids is 2. The van der Waals surface area contributed by atoms with E-state index in [1.54, 1.807) is 11.1 Å². The molecule has 3 heterocycles. The second-order valence-corrected chi connectivity index (χ2v) is 7.47. The summed E-state index contributed by atoms with van der Waals surface area (Å²) >= 11 is 0. The Labute approximate surface area is 168 Å². The van der Waals surface area contributed by atoms with Crippen molar-refractivity contribution >= 4 is 23.3 Å². The summed E-state index contributed by atoms with van der Waals surface area (Å²) in [5.41, 5.74) is 5.76. The number of urea groups is 1. The fraction of sp³-hybridized carbons (Fsp3) is 0.227. The lowest BCUT2D eigenvalue weighted by atomic mass is 9.83. The second-order valence-electron chi connectivity index (χ2n) is 7.47. The first-order valence-corrected chi connectivity index (χ1v) is 9.70. The number of hydrogen-bond acceptors (Lipinski definition) is 3. The Hall–Kier alpha value is -3.61. The SMILES string of the molecule is Cc1ccc(-n2cccn2)c(C2CC(=O)Nc3cc(N4CCNC4=O)ccc32)c1. The third-order valence-electron chi connectivity index (χ3n) is 5.55. The summed E-state index contributed by atoms with van der Waals surface area (Å²) in [7, 11) is 0. The van der Waals surface area contributed by atoms with Crippen LogP contribution in [-0.4, -0.2) is 34.8 Å². The summed E-state index contributed by atoms with van der Waals surface area (Å²) in [6, 6.07) is 13.9. The van der Waals surface area contributed by atoms with Gasteiger partial charge in [-0.05, 0) is 42.3 Å². The maximum absolute atomic E-state index is 12.6. The summed E-state index contributed by atoms with van der Waals surface area (Å²) in [6.45, 7) is 3.30. The number of aromatic nitrogens is 2. The molecule has 0 spiro atoms. The van der Waals surface area contributed by atoms with Crippen molar-refractivity contribution in [2.75, 3.05) is 23.3 Å². The molecule has 1 unspecified atom stereocenters. The quantitative estimate of drug-likeness (QED) is 0.724. The van der Waals surface area contributed by atoms with E-state index in [0.29, 0.717) is 19.5 Å². The van der Waals surface area contributed by atoms with Gasteiger partial charge < -0.3 is 10.6 Å². The summed E-state index contributed by atoms with van der Waals surface area (Å²) in [4.78, 5) is 26.3. The molecule has 0 bridgehead atoms. The summed E-state index contributed by atoms with van der Waals surface area (Å²) in [5.74, 6) is -0.113. The van der Waals surface area contributed by atoms with Crippen molar-refractivity contribution in [3.05, 3.63) is 71.5 Å². The van der Waals surface area contributed by atoms with Crippen LogP contribution in [-0.2, 0) is 4.79 Å². The van der Waals surface area contributed by atoms with Gasteiger partial charge in [-0.15, -0.1) is 0 Å². The van der Waals surface area contributed by atoms with Gasteiger partial charge in [-0.2, -0.15) is 5.10 Å². The number of rotatable bonds is 3. The highest BCUT2D eigenvalue weighted by Gasteiger charge is 2.30. The molecule has 3 amide bonds. The van der Waals surface area contributed by atoms with Gasteiger partial charge in [0.25, 0.3) is 0 Å². The predicted molar refractivity (Wildman–Crippen MR) is 111 cm³/mol. The van der Waals surface area contributed by atoms with Gasteiger partial charge in [0.15, 0.2) is 0 Å². The lowest BCUT2D eigenvalue weighted by Crippen LogP contribution is -2.29. The van der Waals surface area contributed by atoms with Gasteiger partial charge in [-0.3, -0.25) is 9.69 Å². The Morgan fingerprint density at radius 1 is 1.10 bits per heavy atom. The molecule has 29 heavy (non-hydrogen) atoms. The molecule has 2 N–H and O–H groups in total. The highest BCUT2D eigenvalue weighted by atomic mass is 16.2. The van der Waals surface area contributed by atoms with Crippen LogP contribution in [0.2, 0.25) is 0 Å². The highest BCUT2D eigenvalue weighted by molar-refractivity contribution is 5.98. The molecule has 1 saturated heterocycles. The first-order valence-electron chi connectivity index (χ1n) is 9.70. The monoisotopic (exact) mass is 387 g/mol. The normalized spacial score (nSPS) is 18.4. The Kier molecular flexibility index (Phi) is 4.08. The van der Waals surface area contributed by atoms with Crippen molar-refractivity contribution in [2.45, 2.75) is 19.3 Å². The first kappa shape index (κ1) is 17.5. The molecule has 7 nitrogen and oxygen atoms in total. The number of hydrogen-bond donors (Lipinski definition) is 2. The van der Waals surface area contributed by atoms with Gasteiger partial charge in [-0.25, -0.2) is 9.48 Å². The molecule has 1 aromatic heterocycles. The van der Waals surface area contributed by atoms with Crippen LogP contribution >= 0.6 is 0 Å². The topological polar surface area (TPSA) is 79.3 Å². The fourth-order valence-corrected chi connectivity index (χ4v) is 4.19. The number of carbonyl (C=O) groups is 2. The molecule has 0 radical (unpaired) electrons. The van der Waals surface area contributed by atoms with E-state index in [1.165, 1.54) is 0 Å². The lowest BCUT2D eigenvalue weighted by Gasteiger charge is -2.29. The van der Waals surface area contributed by atoms with Crippen LogP contribution in [0.4, 0.5) is 16.2 Å². The molecule has 0 saturated carbocycles. The van der Waals surface area contributed by atoms with Crippen molar-refractivity contribution in [2.24, 2.45) is 0 Å². The van der Waals surface area contributed by atoms with Gasteiger partial charge in [0.1, 0.15) is 0 Å². The molecule has 2 aromatic carbocycles. The zero-order valence-corrected chi connectivity index (χ0v) is 16.1. The van der Waals surface area contributed by atoms with Crippen molar-refractivity contribution in [1.29, 1.82) is 0 Å². The minimum absolute atomic E-state index is 0.0292. The largest absolute Gasteiger partial charge is 0.336 e. The van der Waals surface area contributed by atoms with Crippen LogP contribution in [0, 0.1) is 6.92 Å². The standard InChI is InChI=1S/C22H21N5O2/c1-14-3-6-20(27-9-2-7-24-27)18(11-14)17-13-21(28)25-19-12-15(4-5-16(17)19)26-10-8-23-22(26)29/h2-7,9,11-12,17H,8,10,13H2,1H3,(H,23,29)(H,25,28). The molecule has 1 atom stereocenters. The molecule has 2 aliphatic heterocycles. The molecule has 3 aromatic rings. The number of fused-ring (bicyclic) bond motifs is 1. The average Bonchev–Trinajstić information content (AvgIpc) is 3.38. The average molecular weight is 387 g/mol. The number of amides is 3. The van der Waals surface area contributed by atoms with E-state index in [9.17, 15) is 9.59 Å². The van der Waals surface area contributed by atoms with E-state index < -0.39 is 0 Å². The first-order chi connectivity index (χ1) is 14.1. The Morgan fingerprint density at radius 3 is 2.76 bits per heavy atom.